The van der Waals surface area contributed by atoms with Gasteiger partial charge in [-0.1, -0.05) is 146 Å². The van der Waals surface area contributed by atoms with E-state index < -0.39 is 0 Å². The molecule has 288 valence electrons. The quantitative estimate of drug-likeness (QED) is 0.119. The standard InChI is InChI=1S/C53H60N2O/c1-11-19-41(49(53(8,9)10)37-52(5,6)7)20-18-25-50-39(4)48-36-42(28-35-51(48)55(50)46-31-33-47(34-32-46)56-38(2)3)40-26-29-45(30-27-40)54(43-21-14-12-15-22-43)44-23-16-13-17-24-44/h11-33,35-36,38,47,49H,1,4,34,37H2,2-3,5-10H3/b20-18-,41-19+,50-25+. The number of anilines is 3. The van der Waals surface area contributed by atoms with Crippen molar-refractivity contribution in [3.05, 3.63) is 168 Å². The SMILES string of the molecule is C=C\C=C(/C=C\C=c1/c(=C)c2cc(-c3ccc(N(c4ccccc4)c4ccccc4)cc3)ccc2n1C1=CCC(OC(C)C)C=C1)C(CC(C)(C)C)C(C)(C)C. The fraction of sp³-hybridized carbons (Fsp3) is 0.283. The van der Waals surface area contributed by atoms with Crippen molar-refractivity contribution in [3.8, 4) is 11.1 Å². The summed E-state index contributed by atoms with van der Waals surface area (Å²) in [7, 11) is 0. The number of rotatable bonds is 12. The van der Waals surface area contributed by atoms with Gasteiger partial charge in [0.15, 0.2) is 0 Å². The lowest BCUT2D eigenvalue weighted by Gasteiger charge is -2.36. The summed E-state index contributed by atoms with van der Waals surface area (Å²) in [6.07, 6.45) is 19.7. The van der Waals surface area contributed by atoms with Gasteiger partial charge >= 0.3 is 0 Å². The van der Waals surface area contributed by atoms with Crippen LogP contribution >= 0.6 is 0 Å². The second kappa shape index (κ2) is 17.2. The summed E-state index contributed by atoms with van der Waals surface area (Å²) in [4.78, 5) is 2.29. The van der Waals surface area contributed by atoms with Gasteiger partial charge in [0.2, 0.25) is 0 Å². The average Bonchev–Trinajstić information content (AvgIpc) is 3.44. The maximum atomic E-state index is 6.15. The summed E-state index contributed by atoms with van der Waals surface area (Å²) in [6, 6.07) is 36.7. The number of nitrogens with zero attached hydrogens (tertiary/aromatic N) is 2. The molecule has 1 aliphatic carbocycles. The third-order valence-corrected chi connectivity index (χ3v) is 10.5. The molecule has 0 aliphatic heterocycles. The number of hydrogen-bond donors (Lipinski definition) is 0. The van der Waals surface area contributed by atoms with Crippen molar-refractivity contribution in [3.63, 3.8) is 0 Å². The Balaban J connectivity index is 1.43. The van der Waals surface area contributed by atoms with Crippen molar-refractivity contribution >= 4 is 46.3 Å². The van der Waals surface area contributed by atoms with Gasteiger partial charge < -0.3 is 14.2 Å². The first-order valence-electron chi connectivity index (χ1n) is 20.1. The summed E-state index contributed by atoms with van der Waals surface area (Å²) in [5.41, 5.74) is 9.52. The molecular weight excluding hydrogens is 681 g/mol. The molecule has 1 heterocycles. The zero-order valence-corrected chi connectivity index (χ0v) is 34.8. The maximum absolute atomic E-state index is 6.15. The molecule has 1 aliphatic rings. The fourth-order valence-electron chi connectivity index (χ4n) is 7.83. The predicted octanol–water partition coefficient (Wildman–Crippen LogP) is 13.3. The molecule has 0 saturated heterocycles. The lowest BCUT2D eigenvalue weighted by Crippen LogP contribution is -2.28. The zero-order valence-electron chi connectivity index (χ0n) is 34.8. The third kappa shape index (κ3) is 9.52. The highest BCUT2D eigenvalue weighted by Gasteiger charge is 2.30. The van der Waals surface area contributed by atoms with Gasteiger partial charge in [0.1, 0.15) is 0 Å². The summed E-state index contributed by atoms with van der Waals surface area (Å²) >= 11 is 0. The number of benzene rings is 4. The number of fused-ring (bicyclic) bond motifs is 1. The van der Waals surface area contributed by atoms with Crippen LogP contribution in [0, 0.1) is 16.7 Å². The van der Waals surface area contributed by atoms with Gasteiger partial charge in [-0.25, -0.2) is 0 Å². The largest absolute Gasteiger partial charge is 0.371 e. The van der Waals surface area contributed by atoms with E-state index in [1.165, 1.54) is 5.57 Å². The van der Waals surface area contributed by atoms with Crippen LogP contribution in [-0.4, -0.2) is 16.8 Å². The van der Waals surface area contributed by atoms with Crippen LogP contribution in [0.3, 0.4) is 0 Å². The molecule has 0 spiro atoms. The van der Waals surface area contributed by atoms with Crippen molar-refractivity contribution in [1.29, 1.82) is 0 Å². The van der Waals surface area contributed by atoms with Gasteiger partial charge in [-0.15, -0.1) is 0 Å². The Hall–Kier alpha value is -5.38. The molecule has 1 aromatic heterocycles. The Morgan fingerprint density at radius 2 is 1.45 bits per heavy atom. The van der Waals surface area contributed by atoms with Gasteiger partial charge in [0, 0.05) is 33.4 Å². The van der Waals surface area contributed by atoms with Crippen LogP contribution in [0.1, 0.15) is 68.2 Å². The first kappa shape index (κ1) is 40.3. The minimum Gasteiger partial charge on any atom is -0.371 e. The number of para-hydroxylation sites is 2. The molecule has 3 nitrogen and oxygen atoms in total. The van der Waals surface area contributed by atoms with Gasteiger partial charge in [-0.2, -0.15) is 0 Å². The lowest BCUT2D eigenvalue weighted by atomic mass is 9.68. The van der Waals surface area contributed by atoms with Crippen LogP contribution in [-0.2, 0) is 4.74 Å². The minimum atomic E-state index is 0.0742. The van der Waals surface area contributed by atoms with E-state index in [2.05, 4.69) is 217 Å². The maximum Gasteiger partial charge on any atom is 0.0798 e. The predicted molar refractivity (Wildman–Crippen MR) is 244 cm³/mol. The monoisotopic (exact) mass is 740 g/mol. The number of aromatic nitrogens is 1. The Morgan fingerprint density at radius 3 is 1.98 bits per heavy atom. The van der Waals surface area contributed by atoms with Crippen LogP contribution in [0.2, 0.25) is 0 Å². The van der Waals surface area contributed by atoms with Crippen molar-refractivity contribution in [2.45, 2.75) is 80.4 Å². The summed E-state index contributed by atoms with van der Waals surface area (Å²) in [6.45, 7) is 27.0. The van der Waals surface area contributed by atoms with E-state index in [1.54, 1.807) is 0 Å². The number of allylic oxidation sites excluding steroid dienone is 7. The molecule has 0 radical (unpaired) electrons. The molecule has 6 rings (SSSR count). The molecule has 5 aromatic rings. The molecule has 0 fully saturated rings. The lowest BCUT2D eigenvalue weighted by molar-refractivity contribution is 0.0369. The molecule has 4 aromatic carbocycles. The first-order valence-corrected chi connectivity index (χ1v) is 20.1. The second-order valence-electron chi connectivity index (χ2n) is 17.5. The molecule has 2 unspecified atom stereocenters. The Bertz CT molecular complexity index is 2320. The van der Waals surface area contributed by atoms with E-state index >= 15 is 0 Å². The van der Waals surface area contributed by atoms with E-state index in [4.69, 9.17) is 11.3 Å². The molecular formula is C53H60N2O. The van der Waals surface area contributed by atoms with E-state index in [0.717, 1.165) is 68.2 Å². The van der Waals surface area contributed by atoms with E-state index in [0.29, 0.717) is 5.92 Å². The van der Waals surface area contributed by atoms with Gasteiger partial charge in [-0.05, 0) is 121 Å². The Kier molecular flexibility index (Phi) is 12.4. The summed E-state index contributed by atoms with van der Waals surface area (Å²) in [5, 5.41) is 3.22. The summed E-state index contributed by atoms with van der Waals surface area (Å²) in [5.74, 6) is 0.374. The molecule has 2 atom stereocenters. The van der Waals surface area contributed by atoms with Crippen molar-refractivity contribution in [2.24, 2.45) is 16.7 Å². The van der Waals surface area contributed by atoms with Crippen LogP contribution in [0.25, 0.3) is 40.4 Å². The van der Waals surface area contributed by atoms with E-state index in [-0.39, 0.29) is 23.0 Å². The molecule has 0 bridgehead atoms. The van der Waals surface area contributed by atoms with Gasteiger partial charge in [-0.3, -0.25) is 0 Å². The normalized spacial score (nSPS) is 16.2. The Labute approximate surface area is 336 Å². The average molecular weight is 741 g/mol. The van der Waals surface area contributed by atoms with Crippen LogP contribution in [0.5, 0.6) is 0 Å². The van der Waals surface area contributed by atoms with E-state index in [9.17, 15) is 0 Å². The molecule has 56 heavy (non-hydrogen) atoms. The van der Waals surface area contributed by atoms with Gasteiger partial charge in [0.05, 0.1) is 23.1 Å². The van der Waals surface area contributed by atoms with Crippen LogP contribution < -0.4 is 15.5 Å². The minimum absolute atomic E-state index is 0.0742. The van der Waals surface area contributed by atoms with Crippen LogP contribution in [0.15, 0.2) is 158 Å². The molecule has 0 amide bonds. The molecule has 0 N–H and O–H groups in total. The highest BCUT2D eigenvalue weighted by Crippen LogP contribution is 2.41. The van der Waals surface area contributed by atoms with E-state index in [1.807, 2.05) is 6.08 Å². The van der Waals surface area contributed by atoms with Gasteiger partial charge in [0.25, 0.3) is 0 Å². The zero-order chi connectivity index (χ0) is 40.0. The molecule has 0 saturated carbocycles. The number of hydrogen-bond acceptors (Lipinski definition) is 2. The highest BCUT2D eigenvalue weighted by atomic mass is 16.5. The smallest absolute Gasteiger partial charge is 0.0798 e. The Morgan fingerprint density at radius 1 is 0.839 bits per heavy atom. The highest BCUT2D eigenvalue weighted by molar-refractivity contribution is 5.90. The second-order valence-corrected chi connectivity index (χ2v) is 17.5. The van der Waals surface area contributed by atoms with Crippen molar-refractivity contribution < 1.29 is 4.74 Å². The third-order valence-electron chi connectivity index (χ3n) is 10.5. The topological polar surface area (TPSA) is 17.4 Å². The fourth-order valence-corrected chi connectivity index (χ4v) is 7.83. The number of ether oxygens (including phenoxy) is 1. The first-order chi connectivity index (χ1) is 26.7. The van der Waals surface area contributed by atoms with Crippen molar-refractivity contribution in [1.82, 2.24) is 4.57 Å². The molecule has 3 heteroatoms. The summed E-state index contributed by atoms with van der Waals surface area (Å²) < 4.78 is 8.51. The van der Waals surface area contributed by atoms with Crippen LogP contribution in [0.4, 0.5) is 17.1 Å². The van der Waals surface area contributed by atoms with Crippen molar-refractivity contribution in [2.75, 3.05) is 4.90 Å².